The summed E-state index contributed by atoms with van der Waals surface area (Å²) in [5.74, 6) is 1.19. The first-order valence-electron chi connectivity index (χ1n) is 16.2. The van der Waals surface area contributed by atoms with E-state index in [1.54, 1.807) is 24.3 Å². The highest BCUT2D eigenvalue weighted by atomic mass is 31.2. The van der Waals surface area contributed by atoms with Crippen LogP contribution >= 0.6 is 7.82 Å². The Balaban J connectivity index is 1.75. The minimum absolute atomic E-state index is 0.370. The zero-order valence-electron chi connectivity index (χ0n) is 26.6. The van der Waals surface area contributed by atoms with Gasteiger partial charge in [-0.05, 0) is 81.0 Å². The lowest BCUT2D eigenvalue weighted by molar-refractivity contribution is -0.185. The zero-order valence-corrected chi connectivity index (χ0v) is 27.5. The first-order valence-corrected chi connectivity index (χ1v) is 17.6. The van der Waals surface area contributed by atoms with Crippen molar-refractivity contribution < 1.29 is 28.2 Å². The van der Waals surface area contributed by atoms with E-state index in [-0.39, 0.29) is 0 Å². The molecule has 7 heteroatoms. The molecule has 0 aliphatic rings. The van der Waals surface area contributed by atoms with Gasteiger partial charge in [-0.1, -0.05) is 135 Å². The highest BCUT2D eigenvalue weighted by Gasteiger charge is 2.35. The molecule has 0 spiro atoms. The summed E-state index contributed by atoms with van der Waals surface area (Å²) < 4.78 is 30.7. The molecule has 0 aromatic heterocycles. The van der Waals surface area contributed by atoms with Gasteiger partial charge in [-0.15, -0.1) is 0 Å². The molecule has 0 unspecified atom stereocenters. The van der Waals surface area contributed by atoms with Crippen molar-refractivity contribution in [3.05, 3.63) is 89.0 Å². The third-order valence-corrected chi connectivity index (χ3v) is 8.38. The monoisotopic (exact) mass is 610 g/mol. The maximum atomic E-state index is 13.9. The molecule has 0 saturated carbocycles. The van der Waals surface area contributed by atoms with Gasteiger partial charge in [0.2, 0.25) is 0 Å². The van der Waals surface area contributed by atoms with Gasteiger partial charge in [-0.25, -0.2) is 4.57 Å². The standard InChI is InChI=1S/C36H51O6P/c1-5-7-9-11-13-15-17-32-23-28-36(33(29-32)18-16-14-12-10-8-6-2)40-43(37,41-38-34-24-19-30(3)20-25-34)42-39-35-26-21-31(4)22-27-35/h19-29H,5-18H2,1-4H3. The SMILES string of the molecule is CCCCCCCCc1ccc(OP(=O)(OOc2ccc(C)cc2)OOc2ccc(C)cc2)c(CCCCCCCC)c1. The van der Waals surface area contributed by atoms with Gasteiger partial charge in [-0.2, -0.15) is 0 Å². The van der Waals surface area contributed by atoms with Gasteiger partial charge in [0.15, 0.2) is 11.5 Å². The Morgan fingerprint density at radius 3 is 1.53 bits per heavy atom. The van der Waals surface area contributed by atoms with Gasteiger partial charge in [0.05, 0.1) is 0 Å². The van der Waals surface area contributed by atoms with Crippen LogP contribution in [0.15, 0.2) is 66.7 Å². The van der Waals surface area contributed by atoms with Crippen LogP contribution in [0.4, 0.5) is 0 Å². The molecule has 3 aromatic rings. The lowest BCUT2D eigenvalue weighted by atomic mass is 9.99. The average Bonchev–Trinajstić information content (AvgIpc) is 3.01. The van der Waals surface area contributed by atoms with E-state index in [1.165, 1.54) is 63.4 Å². The van der Waals surface area contributed by atoms with Crippen LogP contribution in [0.25, 0.3) is 0 Å². The summed E-state index contributed by atoms with van der Waals surface area (Å²) in [4.78, 5) is 10.8. The largest absolute Gasteiger partial charge is 0.604 e. The predicted octanol–water partition coefficient (Wildman–Crippen LogP) is 11.6. The van der Waals surface area contributed by atoms with Crippen molar-refractivity contribution in [3.8, 4) is 17.2 Å². The van der Waals surface area contributed by atoms with Crippen molar-refractivity contribution in [2.75, 3.05) is 0 Å². The Bertz CT molecular complexity index is 1170. The first-order chi connectivity index (χ1) is 20.9. The molecule has 0 bridgehead atoms. The average molecular weight is 611 g/mol. The fraction of sp³-hybridized carbons (Fsp3) is 0.500. The predicted molar refractivity (Wildman–Crippen MR) is 175 cm³/mol. The van der Waals surface area contributed by atoms with E-state index in [1.807, 2.05) is 50.2 Å². The lowest BCUT2D eigenvalue weighted by Crippen LogP contribution is -2.09. The lowest BCUT2D eigenvalue weighted by Gasteiger charge is -2.19. The summed E-state index contributed by atoms with van der Waals surface area (Å²) in [7, 11) is -4.37. The molecule has 0 atom stereocenters. The molecule has 0 amide bonds. The Labute approximate surface area is 259 Å². The minimum atomic E-state index is -4.37. The van der Waals surface area contributed by atoms with E-state index < -0.39 is 7.82 Å². The first kappa shape index (κ1) is 34.7. The fourth-order valence-corrected chi connectivity index (χ4v) is 5.67. The van der Waals surface area contributed by atoms with Gasteiger partial charge in [0.25, 0.3) is 0 Å². The normalized spacial score (nSPS) is 11.4. The van der Waals surface area contributed by atoms with Crippen LogP contribution in [0.3, 0.4) is 0 Å². The van der Waals surface area contributed by atoms with Crippen molar-refractivity contribution in [1.29, 1.82) is 0 Å². The fourth-order valence-electron chi connectivity index (χ4n) is 4.81. The molecular weight excluding hydrogens is 559 g/mol. The molecule has 0 heterocycles. The molecule has 0 fully saturated rings. The van der Waals surface area contributed by atoms with Crippen LogP contribution < -0.4 is 14.3 Å². The number of phosphoric acid groups is 1. The summed E-state index contributed by atoms with van der Waals surface area (Å²) in [5, 5.41) is 0. The molecule has 0 aliphatic carbocycles. The Hall–Kier alpha value is -2.79. The summed E-state index contributed by atoms with van der Waals surface area (Å²) in [6.45, 7) is 8.41. The topological polar surface area (TPSA) is 63.2 Å². The van der Waals surface area contributed by atoms with Gasteiger partial charge < -0.3 is 14.3 Å². The summed E-state index contributed by atoms with van der Waals surface area (Å²) in [6, 6.07) is 20.5. The molecule has 6 nitrogen and oxygen atoms in total. The molecular formula is C36H51O6P. The zero-order chi connectivity index (χ0) is 30.8. The third-order valence-electron chi connectivity index (χ3n) is 7.45. The minimum Gasteiger partial charge on any atom is -0.400 e. The van der Waals surface area contributed by atoms with Gasteiger partial charge in [0.1, 0.15) is 5.75 Å². The molecule has 236 valence electrons. The van der Waals surface area contributed by atoms with Crippen molar-refractivity contribution in [2.24, 2.45) is 0 Å². The number of rotatable bonds is 22. The molecule has 0 N–H and O–H groups in total. The van der Waals surface area contributed by atoms with Crippen molar-refractivity contribution in [1.82, 2.24) is 0 Å². The third kappa shape index (κ3) is 13.6. The number of benzene rings is 3. The summed E-state index contributed by atoms with van der Waals surface area (Å²) in [5.41, 5.74) is 4.36. The van der Waals surface area contributed by atoms with E-state index >= 15 is 0 Å². The number of hydrogen-bond donors (Lipinski definition) is 0. The van der Waals surface area contributed by atoms with E-state index in [2.05, 4.69) is 19.9 Å². The maximum Gasteiger partial charge on any atom is 0.604 e. The molecule has 43 heavy (non-hydrogen) atoms. The van der Waals surface area contributed by atoms with Crippen LogP contribution in [-0.2, 0) is 26.8 Å². The number of aryl methyl sites for hydroxylation is 4. The van der Waals surface area contributed by atoms with Crippen LogP contribution in [0.1, 0.15) is 113 Å². The Kier molecular flexibility index (Phi) is 15.7. The van der Waals surface area contributed by atoms with Crippen LogP contribution in [0.2, 0.25) is 0 Å². The van der Waals surface area contributed by atoms with Crippen molar-refractivity contribution in [3.63, 3.8) is 0 Å². The number of unbranched alkanes of at least 4 members (excludes halogenated alkanes) is 10. The second-order valence-electron chi connectivity index (χ2n) is 11.5. The summed E-state index contributed by atoms with van der Waals surface area (Å²) in [6.07, 6.45) is 16.5. The van der Waals surface area contributed by atoms with Crippen LogP contribution in [0.5, 0.6) is 17.2 Å². The highest BCUT2D eigenvalue weighted by Crippen LogP contribution is 2.51. The quantitative estimate of drug-likeness (QED) is 0.0488. The van der Waals surface area contributed by atoms with E-state index in [9.17, 15) is 4.57 Å². The van der Waals surface area contributed by atoms with E-state index in [0.717, 1.165) is 48.8 Å². The van der Waals surface area contributed by atoms with Gasteiger partial charge in [-0.3, -0.25) is 0 Å². The second-order valence-corrected chi connectivity index (χ2v) is 12.8. The molecule has 0 aliphatic heterocycles. The second kappa shape index (κ2) is 19.5. The molecule has 0 radical (unpaired) electrons. The maximum absolute atomic E-state index is 13.9. The van der Waals surface area contributed by atoms with Crippen LogP contribution in [0, 0.1) is 13.8 Å². The van der Waals surface area contributed by atoms with Crippen molar-refractivity contribution in [2.45, 2.75) is 118 Å². The molecule has 0 saturated heterocycles. The van der Waals surface area contributed by atoms with Crippen LogP contribution in [-0.4, -0.2) is 0 Å². The highest BCUT2D eigenvalue weighted by molar-refractivity contribution is 7.48. The summed E-state index contributed by atoms with van der Waals surface area (Å²) >= 11 is 0. The van der Waals surface area contributed by atoms with Gasteiger partial charge in [0, 0.05) is 0 Å². The molecule has 3 rings (SSSR count). The molecule has 3 aromatic carbocycles. The number of hydrogen-bond acceptors (Lipinski definition) is 6. The van der Waals surface area contributed by atoms with E-state index in [0.29, 0.717) is 17.2 Å². The Morgan fingerprint density at radius 2 is 1.02 bits per heavy atom. The smallest absolute Gasteiger partial charge is 0.400 e. The van der Waals surface area contributed by atoms with Crippen molar-refractivity contribution >= 4 is 7.82 Å². The van der Waals surface area contributed by atoms with E-state index in [4.69, 9.17) is 23.6 Å². The Morgan fingerprint density at radius 1 is 0.558 bits per heavy atom. The van der Waals surface area contributed by atoms with Gasteiger partial charge >= 0.3 is 7.82 Å².